The van der Waals surface area contributed by atoms with Gasteiger partial charge in [0.2, 0.25) is 18.0 Å². The minimum atomic E-state index is -5.79. The number of ether oxygens (including phenoxy) is 2. The van der Waals surface area contributed by atoms with Crippen LogP contribution in [0.25, 0.3) is 0 Å². The van der Waals surface area contributed by atoms with Gasteiger partial charge in [-0.15, -0.1) is 0 Å². The average molecular weight is 340 g/mol. The van der Waals surface area contributed by atoms with Gasteiger partial charge in [-0.3, -0.25) is 0 Å². The van der Waals surface area contributed by atoms with Crippen LogP contribution in [0.2, 0.25) is 0 Å². The van der Waals surface area contributed by atoms with Gasteiger partial charge >= 0.3 is 24.0 Å². The zero-order valence-electron chi connectivity index (χ0n) is 11.2. The largest absolute Gasteiger partial charge is 0.446 e. The molecule has 0 saturated carbocycles. The van der Waals surface area contributed by atoms with Gasteiger partial charge in [0.05, 0.1) is 0 Å². The molecule has 0 aromatic heterocycles. The molecule has 1 N–H and O–H groups in total. The van der Waals surface area contributed by atoms with E-state index in [1.165, 1.54) is 0 Å². The normalized spacial score (nSPS) is 34.1. The predicted molar refractivity (Wildman–Crippen MR) is 56.1 cm³/mol. The second kappa shape index (κ2) is 5.08. The summed E-state index contributed by atoms with van der Waals surface area (Å²) in [6.07, 6.45) is -13.8. The minimum Gasteiger partial charge on any atom is -0.446 e. The molecule has 1 rings (SSSR count). The Balaban J connectivity index is 3.38. The maximum absolute atomic E-state index is 13.8. The predicted octanol–water partition coefficient (Wildman–Crippen LogP) is 2.41. The minimum absolute atomic E-state index is 0.0581. The maximum Gasteiger partial charge on any atom is 0.420 e. The lowest BCUT2D eigenvalue weighted by molar-refractivity contribution is -0.456. The number of aliphatic hydroxyl groups is 1. The van der Waals surface area contributed by atoms with Crippen molar-refractivity contribution in [3.05, 3.63) is 12.2 Å². The number of esters is 1. The van der Waals surface area contributed by atoms with Gasteiger partial charge in [-0.05, 0) is 13.8 Å². The highest BCUT2D eigenvalue weighted by Crippen LogP contribution is 2.52. The third kappa shape index (κ3) is 2.91. The van der Waals surface area contributed by atoms with E-state index in [0.29, 0.717) is 0 Å². The molecule has 128 valence electrons. The van der Waals surface area contributed by atoms with Gasteiger partial charge in [0, 0.05) is 5.57 Å². The lowest BCUT2D eigenvalue weighted by atomic mass is 9.90. The van der Waals surface area contributed by atoms with Crippen LogP contribution in [0.4, 0.5) is 30.7 Å². The summed E-state index contributed by atoms with van der Waals surface area (Å²) in [5.74, 6) is -16.0. The Morgan fingerprint density at radius 3 is 2.09 bits per heavy atom. The number of halogens is 7. The molecule has 0 amide bonds. The lowest BCUT2D eigenvalue weighted by Gasteiger charge is -2.48. The van der Waals surface area contributed by atoms with E-state index in [4.69, 9.17) is 0 Å². The molecule has 4 nitrogen and oxygen atoms in total. The number of rotatable bonds is 2. The summed E-state index contributed by atoms with van der Waals surface area (Å²) < 4.78 is 100. The van der Waals surface area contributed by atoms with Gasteiger partial charge in [-0.25, -0.2) is 4.79 Å². The molecule has 1 fully saturated rings. The number of hydrogen-bond acceptors (Lipinski definition) is 4. The first kappa shape index (κ1) is 18.7. The summed E-state index contributed by atoms with van der Waals surface area (Å²) in [6, 6.07) is 0. The van der Waals surface area contributed by atoms with Crippen LogP contribution in [0.5, 0.6) is 0 Å². The molecule has 1 aliphatic heterocycles. The fraction of sp³-hybridized carbons (Fsp3) is 0.727. The van der Waals surface area contributed by atoms with Crippen LogP contribution in [-0.4, -0.2) is 47.1 Å². The van der Waals surface area contributed by atoms with E-state index in [1.54, 1.807) is 0 Å². The quantitative estimate of drug-likeness (QED) is 0.477. The van der Waals surface area contributed by atoms with Crippen molar-refractivity contribution < 1.29 is 50.1 Å². The Hall–Kier alpha value is -1.36. The summed E-state index contributed by atoms with van der Waals surface area (Å²) in [5.41, 5.74) is -0.596. The van der Waals surface area contributed by atoms with Gasteiger partial charge in [0.15, 0.2) is 0 Å². The van der Waals surface area contributed by atoms with Crippen molar-refractivity contribution >= 4 is 5.97 Å². The highest BCUT2D eigenvalue weighted by molar-refractivity contribution is 5.87. The fourth-order valence-electron chi connectivity index (χ4n) is 1.65. The Kier molecular flexibility index (Phi) is 4.32. The topological polar surface area (TPSA) is 55.8 Å². The van der Waals surface area contributed by atoms with E-state index in [9.17, 15) is 40.6 Å². The van der Waals surface area contributed by atoms with Crippen molar-refractivity contribution in [2.24, 2.45) is 0 Å². The smallest absolute Gasteiger partial charge is 0.420 e. The van der Waals surface area contributed by atoms with E-state index in [-0.39, 0.29) is 6.92 Å². The van der Waals surface area contributed by atoms with Gasteiger partial charge < -0.3 is 14.6 Å². The molecule has 3 atom stereocenters. The van der Waals surface area contributed by atoms with Crippen LogP contribution in [0, 0.1) is 0 Å². The second-order valence-electron chi connectivity index (χ2n) is 4.89. The number of carbonyl (C=O) groups is 1. The molecule has 0 radical (unpaired) electrons. The van der Waals surface area contributed by atoms with Crippen LogP contribution in [0.15, 0.2) is 12.2 Å². The molecule has 11 heteroatoms. The average Bonchev–Trinajstić information content (AvgIpc) is 2.28. The molecular weight excluding hydrogens is 329 g/mol. The monoisotopic (exact) mass is 340 g/mol. The van der Waals surface area contributed by atoms with Crippen molar-refractivity contribution in [2.45, 2.75) is 49.9 Å². The summed E-state index contributed by atoms with van der Waals surface area (Å²) in [5, 5.41) is 9.27. The Morgan fingerprint density at radius 1 is 1.27 bits per heavy atom. The first-order valence-corrected chi connectivity index (χ1v) is 5.64. The van der Waals surface area contributed by atoms with Gasteiger partial charge in [0.25, 0.3) is 0 Å². The number of alkyl halides is 7. The van der Waals surface area contributed by atoms with Crippen molar-refractivity contribution in [2.75, 3.05) is 0 Å². The molecule has 1 heterocycles. The molecule has 3 unspecified atom stereocenters. The van der Waals surface area contributed by atoms with E-state index >= 15 is 0 Å². The van der Waals surface area contributed by atoms with Crippen molar-refractivity contribution in [1.82, 2.24) is 0 Å². The third-order valence-electron chi connectivity index (χ3n) is 2.86. The van der Waals surface area contributed by atoms with E-state index in [0.717, 1.165) is 6.92 Å². The number of carbonyl (C=O) groups excluding carboxylic acids is 1. The molecular formula is C11H11F7O4. The Labute approximate surface area is 119 Å². The first-order valence-electron chi connectivity index (χ1n) is 5.64. The zero-order valence-corrected chi connectivity index (χ0v) is 11.2. The molecule has 0 bridgehead atoms. The van der Waals surface area contributed by atoms with Gasteiger partial charge in [0.1, 0.15) is 0 Å². The fourth-order valence-corrected chi connectivity index (χ4v) is 1.65. The van der Waals surface area contributed by atoms with E-state index < -0.39 is 47.6 Å². The molecule has 0 aromatic rings. The zero-order chi connectivity index (χ0) is 17.7. The highest BCUT2D eigenvalue weighted by Gasteiger charge is 2.78. The summed E-state index contributed by atoms with van der Waals surface area (Å²) >= 11 is 0. The lowest BCUT2D eigenvalue weighted by Crippen LogP contribution is -2.73. The van der Waals surface area contributed by atoms with Crippen molar-refractivity contribution in [3.8, 4) is 0 Å². The van der Waals surface area contributed by atoms with Crippen LogP contribution in [0.1, 0.15) is 13.8 Å². The molecule has 22 heavy (non-hydrogen) atoms. The molecule has 1 saturated heterocycles. The van der Waals surface area contributed by atoms with Crippen molar-refractivity contribution in [1.29, 1.82) is 0 Å². The van der Waals surface area contributed by atoms with Crippen LogP contribution >= 0.6 is 0 Å². The Morgan fingerprint density at radius 2 is 1.73 bits per heavy atom. The Bertz CT molecular complexity index is 483. The molecule has 0 aliphatic carbocycles. The molecule has 0 aromatic carbocycles. The first-order chi connectivity index (χ1) is 9.55. The van der Waals surface area contributed by atoms with Crippen molar-refractivity contribution in [3.63, 3.8) is 0 Å². The van der Waals surface area contributed by atoms with E-state index in [1.807, 2.05) is 0 Å². The van der Waals surface area contributed by atoms with Gasteiger partial charge in [-0.1, -0.05) is 6.58 Å². The van der Waals surface area contributed by atoms with Gasteiger partial charge in [-0.2, -0.15) is 30.7 Å². The maximum atomic E-state index is 13.8. The summed E-state index contributed by atoms with van der Waals surface area (Å²) in [7, 11) is 0. The number of hydrogen-bond donors (Lipinski definition) is 1. The molecule has 0 spiro atoms. The standard InChI is InChI=1S/C11H11F7O4/c1-4(2)5(19)21-6-9(12,13)7(11(16,17)18)22-8(3,20)10(6,14)15/h6-7,20H,1H2,2-3H3. The molecule has 1 aliphatic rings. The second-order valence-corrected chi connectivity index (χ2v) is 4.89. The van der Waals surface area contributed by atoms with Crippen LogP contribution in [0.3, 0.4) is 0 Å². The SMILES string of the molecule is C=C(C)C(=O)OC1C(F)(F)C(C(F)(F)F)OC(C)(O)C1(F)F. The highest BCUT2D eigenvalue weighted by atomic mass is 19.4. The summed E-state index contributed by atoms with van der Waals surface area (Å²) in [6.45, 7) is 3.91. The summed E-state index contributed by atoms with van der Waals surface area (Å²) in [4.78, 5) is 11.2. The van der Waals surface area contributed by atoms with E-state index in [2.05, 4.69) is 16.1 Å². The third-order valence-corrected chi connectivity index (χ3v) is 2.86. The van der Waals surface area contributed by atoms with Crippen LogP contribution in [-0.2, 0) is 14.3 Å². The van der Waals surface area contributed by atoms with Crippen LogP contribution < -0.4 is 0 Å².